The Hall–Kier alpha value is 0.430. The second-order valence-electron chi connectivity index (χ2n) is 1.97. The van der Waals surface area contributed by atoms with E-state index in [4.69, 9.17) is 0 Å². The quantitative estimate of drug-likeness (QED) is 0.331. The predicted molar refractivity (Wildman–Crippen MR) is 54.2 cm³/mol. The van der Waals surface area contributed by atoms with Crippen LogP contribution in [0.15, 0.2) is 0 Å². The van der Waals surface area contributed by atoms with Crippen molar-refractivity contribution in [3.8, 4) is 11.2 Å². The summed E-state index contributed by atoms with van der Waals surface area (Å²) in [5, 5.41) is 2.02. The van der Waals surface area contributed by atoms with E-state index < -0.39 is 5.51 Å². The topological polar surface area (TPSA) is 0 Å². The SMILES string of the molecule is FC(F)(F)SC#CCCCCI. The van der Waals surface area contributed by atoms with E-state index in [1.165, 1.54) is 0 Å². The molecule has 0 nitrogen and oxygen atoms in total. The lowest BCUT2D eigenvalue weighted by Gasteiger charge is -1.95. The van der Waals surface area contributed by atoms with Crippen molar-refractivity contribution in [2.24, 2.45) is 0 Å². The van der Waals surface area contributed by atoms with E-state index in [9.17, 15) is 13.2 Å². The van der Waals surface area contributed by atoms with Crippen molar-refractivity contribution >= 4 is 34.4 Å². The van der Waals surface area contributed by atoms with Crippen molar-refractivity contribution in [2.45, 2.75) is 24.8 Å². The fourth-order valence-electron chi connectivity index (χ4n) is 0.453. The molecule has 0 fully saturated rings. The van der Waals surface area contributed by atoms with E-state index >= 15 is 0 Å². The fourth-order valence-corrected chi connectivity index (χ4v) is 1.28. The smallest absolute Gasteiger partial charge is 0.160 e. The summed E-state index contributed by atoms with van der Waals surface area (Å²) < 4.78 is 35.5. The highest BCUT2D eigenvalue weighted by atomic mass is 127. The first-order chi connectivity index (χ1) is 5.56. The normalized spacial score (nSPS) is 10.7. The summed E-state index contributed by atoms with van der Waals surface area (Å²) in [6.07, 6.45) is 2.46. The molecule has 0 atom stereocenters. The van der Waals surface area contributed by atoms with E-state index in [1.54, 1.807) is 0 Å². The molecule has 0 rings (SSSR count). The van der Waals surface area contributed by atoms with Gasteiger partial charge >= 0.3 is 5.51 Å². The van der Waals surface area contributed by atoms with Gasteiger partial charge in [-0.05, 0) is 22.5 Å². The lowest BCUT2D eigenvalue weighted by atomic mass is 10.3. The Morgan fingerprint density at radius 3 is 2.42 bits per heavy atom. The van der Waals surface area contributed by atoms with Crippen LogP contribution in [0, 0.1) is 11.2 Å². The molecule has 0 radical (unpaired) electrons. The summed E-state index contributed by atoms with van der Waals surface area (Å²) in [6, 6.07) is 0. The monoisotopic (exact) mass is 308 g/mol. The molecular formula is C7H8F3IS. The maximum Gasteiger partial charge on any atom is 0.453 e. The molecule has 0 aliphatic heterocycles. The van der Waals surface area contributed by atoms with Crippen LogP contribution in [-0.2, 0) is 0 Å². The van der Waals surface area contributed by atoms with Crippen LogP contribution in [0.1, 0.15) is 19.3 Å². The van der Waals surface area contributed by atoms with Gasteiger partial charge in [-0.15, -0.1) is 0 Å². The molecule has 0 amide bonds. The molecule has 0 aromatic carbocycles. The van der Waals surface area contributed by atoms with Gasteiger partial charge in [-0.3, -0.25) is 0 Å². The van der Waals surface area contributed by atoms with Crippen LogP contribution in [-0.4, -0.2) is 9.94 Å². The number of thioether (sulfide) groups is 1. The van der Waals surface area contributed by atoms with Gasteiger partial charge in [-0.2, -0.15) is 13.2 Å². The Morgan fingerprint density at radius 1 is 1.25 bits per heavy atom. The molecule has 0 spiro atoms. The minimum atomic E-state index is -4.21. The highest BCUT2D eigenvalue weighted by Gasteiger charge is 2.27. The molecule has 0 aliphatic carbocycles. The number of alkyl halides is 4. The van der Waals surface area contributed by atoms with Crippen molar-refractivity contribution in [1.29, 1.82) is 0 Å². The molecular weight excluding hydrogens is 300 g/mol. The van der Waals surface area contributed by atoms with Gasteiger partial charge in [0.05, 0.1) is 0 Å². The van der Waals surface area contributed by atoms with Crippen molar-refractivity contribution in [3.05, 3.63) is 0 Å². The maximum absolute atomic E-state index is 11.5. The molecule has 0 aliphatic rings. The highest BCUT2D eigenvalue weighted by molar-refractivity contribution is 14.1. The summed E-state index contributed by atoms with van der Waals surface area (Å²) in [5.41, 5.74) is -4.21. The van der Waals surface area contributed by atoms with E-state index in [1.807, 2.05) is 5.25 Å². The second kappa shape index (κ2) is 6.89. The van der Waals surface area contributed by atoms with Crippen LogP contribution in [0.4, 0.5) is 13.2 Å². The molecule has 0 heterocycles. The number of rotatable bonds is 3. The van der Waals surface area contributed by atoms with Gasteiger partial charge in [0, 0.05) is 18.2 Å². The summed E-state index contributed by atoms with van der Waals surface area (Å²) in [5.74, 6) is 2.47. The van der Waals surface area contributed by atoms with Crippen LogP contribution >= 0.6 is 34.4 Å². The molecule has 0 saturated heterocycles. The molecule has 0 aromatic heterocycles. The summed E-state index contributed by atoms with van der Waals surface area (Å²) in [4.78, 5) is 0. The number of hydrogen-bond donors (Lipinski definition) is 0. The van der Waals surface area contributed by atoms with Crippen molar-refractivity contribution < 1.29 is 13.2 Å². The Bertz CT molecular complexity index is 168. The molecule has 70 valence electrons. The summed E-state index contributed by atoms with van der Waals surface area (Å²) >= 11 is 1.96. The van der Waals surface area contributed by atoms with Crippen molar-refractivity contribution in [2.75, 3.05) is 4.43 Å². The standard InChI is InChI=1S/C7H8F3IS/c8-7(9,10)12-6-4-2-1-3-5-11/h1-3,5H2. The third-order valence-corrected chi connectivity index (χ3v) is 2.16. The van der Waals surface area contributed by atoms with E-state index in [0.717, 1.165) is 17.3 Å². The van der Waals surface area contributed by atoms with Gasteiger partial charge in [0.1, 0.15) is 0 Å². The predicted octanol–water partition coefficient (Wildman–Crippen LogP) is 3.81. The Labute approximate surface area is 87.8 Å². The van der Waals surface area contributed by atoms with Crippen LogP contribution in [0.2, 0.25) is 0 Å². The third kappa shape index (κ3) is 10.4. The molecule has 12 heavy (non-hydrogen) atoms. The zero-order chi connectivity index (χ0) is 9.45. The highest BCUT2D eigenvalue weighted by Crippen LogP contribution is 2.28. The Morgan fingerprint density at radius 2 is 1.92 bits per heavy atom. The number of halogens is 4. The largest absolute Gasteiger partial charge is 0.453 e. The maximum atomic E-state index is 11.5. The number of unbranched alkanes of at least 4 members (excludes halogenated alkanes) is 2. The lowest BCUT2D eigenvalue weighted by molar-refractivity contribution is -0.0318. The zero-order valence-corrected chi connectivity index (χ0v) is 9.22. The molecule has 0 saturated carbocycles. The average molecular weight is 308 g/mol. The fraction of sp³-hybridized carbons (Fsp3) is 0.714. The third-order valence-electron chi connectivity index (χ3n) is 0.924. The molecule has 0 N–H and O–H groups in total. The Kier molecular flexibility index (Phi) is 7.14. The Balaban J connectivity index is 3.35. The van der Waals surface area contributed by atoms with Gasteiger partial charge in [-0.25, -0.2) is 0 Å². The van der Waals surface area contributed by atoms with Gasteiger partial charge < -0.3 is 0 Å². The molecule has 0 aromatic rings. The average Bonchev–Trinajstić information content (AvgIpc) is 1.94. The summed E-state index contributed by atoms with van der Waals surface area (Å²) in [6.45, 7) is 0. The van der Waals surface area contributed by atoms with Crippen molar-refractivity contribution in [3.63, 3.8) is 0 Å². The van der Waals surface area contributed by atoms with Gasteiger partial charge in [0.25, 0.3) is 0 Å². The minimum absolute atomic E-state index is 0.271. The molecule has 0 bridgehead atoms. The minimum Gasteiger partial charge on any atom is -0.160 e. The van der Waals surface area contributed by atoms with Gasteiger partial charge in [0.2, 0.25) is 0 Å². The van der Waals surface area contributed by atoms with E-state index in [-0.39, 0.29) is 11.8 Å². The van der Waals surface area contributed by atoms with Gasteiger partial charge in [0.15, 0.2) is 0 Å². The van der Waals surface area contributed by atoms with Crippen LogP contribution in [0.25, 0.3) is 0 Å². The van der Waals surface area contributed by atoms with Crippen LogP contribution < -0.4 is 0 Å². The van der Waals surface area contributed by atoms with Gasteiger partial charge in [-0.1, -0.05) is 28.5 Å². The number of hydrogen-bond acceptors (Lipinski definition) is 1. The summed E-state index contributed by atoms with van der Waals surface area (Å²) in [7, 11) is 0. The first kappa shape index (κ1) is 12.4. The van der Waals surface area contributed by atoms with Crippen LogP contribution in [0.5, 0.6) is 0 Å². The van der Waals surface area contributed by atoms with Crippen molar-refractivity contribution in [1.82, 2.24) is 0 Å². The first-order valence-corrected chi connectivity index (χ1v) is 5.69. The first-order valence-electron chi connectivity index (χ1n) is 3.35. The molecule has 0 unspecified atom stereocenters. The molecule has 5 heteroatoms. The van der Waals surface area contributed by atoms with Crippen LogP contribution in [0.3, 0.4) is 0 Å². The second-order valence-corrected chi connectivity index (χ2v) is 3.92. The lowest BCUT2D eigenvalue weighted by Crippen LogP contribution is -1.96. The van der Waals surface area contributed by atoms with E-state index in [0.29, 0.717) is 6.42 Å². The zero-order valence-electron chi connectivity index (χ0n) is 6.25. The van der Waals surface area contributed by atoms with E-state index in [2.05, 4.69) is 28.5 Å².